The number of halogens is 7. The number of ketones is 1. The molecule has 1 aliphatic heterocycles. The molecule has 3 aliphatic rings. The number of para-hydroxylation sites is 1. The van der Waals surface area contributed by atoms with Crippen molar-refractivity contribution in [1.82, 2.24) is 24.5 Å². The van der Waals surface area contributed by atoms with Crippen molar-refractivity contribution in [3.05, 3.63) is 99.8 Å². The number of fused-ring (bicyclic) bond motifs is 4. The molecule has 8 rings (SSSR count). The zero-order valence-corrected chi connectivity index (χ0v) is 31.9. The minimum atomic E-state index is -5.05. The van der Waals surface area contributed by atoms with Crippen LogP contribution in [0.15, 0.2) is 48.5 Å². The maximum atomic E-state index is 15.4. The molecule has 1 N–H and O–H groups in total. The van der Waals surface area contributed by atoms with Crippen molar-refractivity contribution >= 4 is 32.7 Å². The number of carbonyl (C=O) groups excluding carboxylic acids is 1. The molecular weight excluding hydrogens is 794 g/mol. The average Bonchev–Trinajstić information content (AvgIpc) is 3.65. The van der Waals surface area contributed by atoms with Gasteiger partial charge in [0.15, 0.2) is 34.1 Å². The van der Waals surface area contributed by atoms with Gasteiger partial charge in [0.1, 0.15) is 36.6 Å². The number of nitrogens with zero attached hydrogens (tertiary/aromatic N) is 6. The van der Waals surface area contributed by atoms with Crippen LogP contribution in [-0.2, 0) is 52.5 Å². The SMILES string of the molecule is Cn1nc(CS(C)(=O)=O)c2cccc(-c3ccc(C#CC4(O)C=[N+](C)C4)nc3[C@@H](CC(=O)Cn3nc(C(F)(F)F)c4c3C(F)(F)[C@@H]3C[C@H]43)Cc3cc(F)cc(F)c3)c21. The third kappa shape index (κ3) is 7.30. The average molecular weight is 828 g/mol. The summed E-state index contributed by atoms with van der Waals surface area (Å²) >= 11 is 0. The molecule has 3 aromatic heterocycles. The summed E-state index contributed by atoms with van der Waals surface area (Å²) < 4.78 is 131. The number of aryl methyl sites for hydroxylation is 1. The van der Waals surface area contributed by atoms with Gasteiger partial charge in [-0.3, -0.25) is 14.2 Å². The fraction of sp³-hybridized carbons (Fsp3) is 0.375. The summed E-state index contributed by atoms with van der Waals surface area (Å²) in [7, 11) is -0.181. The van der Waals surface area contributed by atoms with Gasteiger partial charge in [-0.1, -0.05) is 18.2 Å². The highest BCUT2D eigenvalue weighted by Gasteiger charge is 2.68. The number of rotatable bonds is 10. The molecule has 0 bridgehead atoms. The number of benzene rings is 2. The van der Waals surface area contributed by atoms with Crippen LogP contribution in [0.4, 0.5) is 30.7 Å². The van der Waals surface area contributed by atoms with Gasteiger partial charge in [0.05, 0.1) is 22.7 Å². The number of alkyl halides is 5. The lowest BCUT2D eigenvalue weighted by atomic mass is 9.86. The molecule has 1 saturated carbocycles. The van der Waals surface area contributed by atoms with Gasteiger partial charge in [0.25, 0.3) is 11.5 Å². The molecule has 4 atom stereocenters. The van der Waals surface area contributed by atoms with Crippen LogP contribution in [0, 0.1) is 29.4 Å². The maximum Gasteiger partial charge on any atom is 0.435 e. The van der Waals surface area contributed by atoms with Crippen LogP contribution in [0.25, 0.3) is 22.0 Å². The molecule has 0 radical (unpaired) electrons. The first-order valence-corrected chi connectivity index (χ1v) is 20.1. The van der Waals surface area contributed by atoms with Crippen LogP contribution in [0.5, 0.6) is 0 Å². The van der Waals surface area contributed by atoms with Crippen molar-refractivity contribution in [2.24, 2.45) is 13.0 Å². The monoisotopic (exact) mass is 827 g/mol. The van der Waals surface area contributed by atoms with E-state index >= 15 is 8.78 Å². The highest BCUT2D eigenvalue weighted by molar-refractivity contribution is 7.89. The molecule has 2 aliphatic carbocycles. The summed E-state index contributed by atoms with van der Waals surface area (Å²) in [6.07, 6.45) is -3.44. The van der Waals surface area contributed by atoms with Gasteiger partial charge in [0.2, 0.25) is 0 Å². The molecule has 0 spiro atoms. The Bertz CT molecular complexity index is 2750. The summed E-state index contributed by atoms with van der Waals surface area (Å²) in [6.45, 7) is -0.752. The van der Waals surface area contributed by atoms with Crippen LogP contribution < -0.4 is 0 Å². The number of hydrogen-bond acceptors (Lipinski definition) is 7. The Morgan fingerprint density at radius 2 is 1.79 bits per heavy atom. The summed E-state index contributed by atoms with van der Waals surface area (Å²) in [5.74, 6) is -4.55. The van der Waals surface area contributed by atoms with Crippen molar-refractivity contribution in [1.29, 1.82) is 0 Å². The second-order valence-corrected chi connectivity index (χ2v) is 17.6. The van der Waals surface area contributed by atoms with Crippen LogP contribution in [-0.4, -0.2) is 80.1 Å². The number of Topliss-reactive ketones (excluding diaryl/α,β-unsaturated/α-hetero) is 1. The van der Waals surface area contributed by atoms with E-state index in [0.717, 1.165) is 18.4 Å². The van der Waals surface area contributed by atoms with E-state index < -0.39 is 92.6 Å². The van der Waals surface area contributed by atoms with E-state index in [4.69, 9.17) is 4.98 Å². The molecule has 1 fully saturated rings. The molecule has 0 amide bonds. The summed E-state index contributed by atoms with van der Waals surface area (Å²) in [5, 5.41) is 19.2. The van der Waals surface area contributed by atoms with Crippen molar-refractivity contribution in [3.63, 3.8) is 0 Å². The van der Waals surface area contributed by atoms with Crippen LogP contribution in [0.1, 0.15) is 64.3 Å². The Balaban J connectivity index is 1.27. The quantitative estimate of drug-likeness (QED) is 0.109. The number of carbonyl (C=O) groups is 1. The molecule has 5 aromatic rings. The number of aliphatic hydroxyl groups is 1. The van der Waals surface area contributed by atoms with Gasteiger partial charge in [-0.05, 0) is 60.4 Å². The van der Waals surface area contributed by atoms with E-state index in [2.05, 4.69) is 22.0 Å². The third-order valence-electron chi connectivity index (χ3n) is 10.7. The van der Waals surface area contributed by atoms with E-state index in [1.54, 1.807) is 49.0 Å². The predicted octanol–water partition coefficient (Wildman–Crippen LogP) is 5.68. The summed E-state index contributed by atoms with van der Waals surface area (Å²) in [4.78, 5) is 18.8. The fourth-order valence-corrected chi connectivity index (χ4v) is 9.12. The van der Waals surface area contributed by atoms with Crippen molar-refractivity contribution in [2.75, 3.05) is 19.8 Å². The molecule has 10 nitrogen and oxygen atoms in total. The second-order valence-electron chi connectivity index (χ2n) is 15.4. The van der Waals surface area contributed by atoms with Gasteiger partial charge >= 0.3 is 6.18 Å². The Kier molecular flexibility index (Phi) is 9.23. The lowest BCUT2D eigenvalue weighted by molar-refractivity contribution is -0.539. The number of pyridine rings is 1. The first kappa shape index (κ1) is 39.4. The van der Waals surface area contributed by atoms with Crippen LogP contribution in [0.3, 0.4) is 0 Å². The topological polar surface area (TPSA) is 123 Å². The van der Waals surface area contributed by atoms with Crippen LogP contribution >= 0.6 is 0 Å². The van der Waals surface area contributed by atoms with E-state index in [9.17, 15) is 40.3 Å². The largest absolute Gasteiger partial charge is 0.435 e. The van der Waals surface area contributed by atoms with Gasteiger partial charge in [0, 0.05) is 59.7 Å². The molecule has 302 valence electrons. The lowest BCUT2D eigenvalue weighted by Crippen LogP contribution is -2.50. The van der Waals surface area contributed by atoms with Crippen molar-refractivity contribution < 1.29 is 53.6 Å². The predicted molar refractivity (Wildman–Crippen MR) is 196 cm³/mol. The molecule has 58 heavy (non-hydrogen) atoms. The zero-order valence-electron chi connectivity index (χ0n) is 31.1. The first-order valence-electron chi connectivity index (χ1n) is 18.1. The highest BCUT2D eigenvalue weighted by atomic mass is 32.2. The van der Waals surface area contributed by atoms with E-state index in [-0.39, 0.29) is 47.8 Å². The third-order valence-corrected chi connectivity index (χ3v) is 11.5. The molecule has 0 saturated heterocycles. The molecule has 1 unspecified atom stereocenters. The summed E-state index contributed by atoms with van der Waals surface area (Å²) in [5.41, 5.74) is -2.57. The van der Waals surface area contributed by atoms with Crippen molar-refractivity contribution in [2.45, 2.75) is 61.1 Å². The molecule has 2 aromatic carbocycles. The Hall–Kier alpha value is -5.41. The number of likely N-dealkylation sites (N-methyl/N-ethyl adjacent to an activating group) is 1. The maximum absolute atomic E-state index is 15.4. The van der Waals surface area contributed by atoms with Crippen LogP contribution in [0.2, 0.25) is 0 Å². The Labute approximate surface area is 326 Å². The zero-order chi connectivity index (χ0) is 41.7. The minimum Gasteiger partial charge on any atom is -0.364 e. The highest BCUT2D eigenvalue weighted by Crippen LogP contribution is 2.68. The van der Waals surface area contributed by atoms with E-state index in [0.29, 0.717) is 32.8 Å². The van der Waals surface area contributed by atoms with Gasteiger partial charge in [-0.2, -0.15) is 32.1 Å². The van der Waals surface area contributed by atoms with Gasteiger partial charge in [-0.15, -0.1) is 0 Å². The van der Waals surface area contributed by atoms with E-state index in [1.807, 2.05) is 0 Å². The van der Waals surface area contributed by atoms with Gasteiger partial charge < -0.3 is 5.11 Å². The smallest absolute Gasteiger partial charge is 0.364 e. The number of hydrogen-bond donors (Lipinski definition) is 1. The molecular formula is C40H34F7N6O4S+. The first-order chi connectivity index (χ1) is 27.1. The second kappa shape index (κ2) is 13.6. The Morgan fingerprint density at radius 3 is 2.45 bits per heavy atom. The number of β-amino-alcohol motifs (C(OH)–C–C–N with tert-alkyl or cyclic N) is 1. The van der Waals surface area contributed by atoms with E-state index in [1.165, 1.54) is 10.9 Å². The minimum absolute atomic E-state index is 0.0843. The normalized spacial score (nSPS) is 21.1. The van der Waals surface area contributed by atoms with Gasteiger partial charge in [-0.25, -0.2) is 26.8 Å². The summed E-state index contributed by atoms with van der Waals surface area (Å²) in [6, 6.07) is 10.9. The Morgan fingerprint density at radius 1 is 1.09 bits per heavy atom. The lowest BCUT2D eigenvalue weighted by Gasteiger charge is -2.22. The fourth-order valence-electron chi connectivity index (χ4n) is 8.41. The van der Waals surface area contributed by atoms with Crippen molar-refractivity contribution in [3.8, 4) is 23.0 Å². The molecule has 18 heteroatoms. The molecule has 4 heterocycles. The standard InChI is InChI=1S/C40H34F7N6O4S/c1-51-19-38(55,20-51)10-9-25-7-8-27(28-5-4-6-29-32(18-58(3,56)57)49-52(2)35(28)29)34(48-25)22(11-21-12-23(41)15-24(42)13-21)14-26(54)17-53-37-33(36(50-53)40(45,46)47)30-16-31(30)39(37,43)44/h4-8,12-13,15,19,22,30-31,55H,11,14,16-18,20H2,1-3H3/q+1/t22-,30+,31-,38?/m1/s1. The number of aromatic nitrogens is 5. The number of sulfone groups is 1.